The normalized spacial score (nSPS) is 14.2. The lowest BCUT2D eigenvalue weighted by atomic mass is 10.0. The number of pyridine rings is 2. The van der Waals surface area contributed by atoms with Crippen molar-refractivity contribution in [1.82, 2.24) is 9.97 Å². The number of allylic oxidation sites excluding steroid dienone is 2. The van der Waals surface area contributed by atoms with Crippen LogP contribution in [0, 0.1) is 0 Å². The summed E-state index contributed by atoms with van der Waals surface area (Å²) in [6, 6.07) is 3.40. The Hall–Kier alpha value is -3.55. The van der Waals surface area contributed by atoms with Gasteiger partial charge in [-0.25, -0.2) is 9.78 Å². The van der Waals surface area contributed by atoms with E-state index in [9.17, 15) is 4.79 Å². The van der Waals surface area contributed by atoms with E-state index in [0.29, 0.717) is 23.8 Å². The maximum absolute atomic E-state index is 11.6. The number of hydrogen-bond acceptors (Lipinski definition) is 6. The number of carbonyl (C=O) groups excluding carboxylic acids is 1. The zero-order valence-electron chi connectivity index (χ0n) is 14.8. The van der Waals surface area contributed by atoms with Gasteiger partial charge in [0.2, 0.25) is 0 Å². The third-order valence-corrected chi connectivity index (χ3v) is 4.17. The molecule has 3 rings (SSSR count). The smallest absolute Gasteiger partial charge is 0.320 e. The molecule has 0 radical (unpaired) electrons. The van der Waals surface area contributed by atoms with Gasteiger partial charge in [0, 0.05) is 35.8 Å². The molecule has 1 aliphatic heterocycles. The number of ether oxygens (including phenoxy) is 1. The van der Waals surface area contributed by atoms with Gasteiger partial charge in [-0.1, -0.05) is 0 Å². The summed E-state index contributed by atoms with van der Waals surface area (Å²) in [6.07, 6.45) is 11.5. The molecule has 2 amide bonds. The number of urea groups is 1. The zero-order valence-corrected chi connectivity index (χ0v) is 14.8. The average molecular weight is 366 g/mol. The molecule has 0 saturated carbocycles. The van der Waals surface area contributed by atoms with E-state index in [0.717, 1.165) is 29.5 Å². The van der Waals surface area contributed by atoms with Gasteiger partial charge in [-0.15, -0.1) is 0 Å². The summed E-state index contributed by atoms with van der Waals surface area (Å²) in [6.45, 7) is 0.819. The lowest BCUT2D eigenvalue weighted by molar-refractivity contribution is 0.253. The Morgan fingerprint density at radius 1 is 1.22 bits per heavy atom. The Morgan fingerprint density at radius 2 is 2.04 bits per heavy atom. The minimum absolute atomic E-state index is 0.228. The molecule has 0 aromatic carbocycles. The Balaban J connectivity index is 1.80. The first kappa shape index (κ1) is 18.2. The number of amides is 2. The van der Waals surface area contributed by atoms with Gasteiger partial charge < -0.3 is 21.9 Å². The predicted octanol–water partition coefficient (Wildman–Crippen LogP) is 1.67. The van der Waals surface area contributed by atoms with Gasteiger partial charge in [-0.05, 0) is 48.9 Å². The predicted molar refractivity (Wildman–Crippen MR) is 104 cm³/mol. The monoisotopic (exact) mass is 366 g/mol. The van der Waals surface area contributed by atoms with Crippen LogP contribution in [0.1, 0.15) is 12.0 Å². The van der Waals surface area contributed by atoms with E-state index in [-0.39, 0.29) is 6.61 Å². The summed E-state index contributed by atoms with van der Waals surface area (Å²) in [4.78, 5) is 21.7. The molecule has 0 unspecified atom stereocenters. The number of primary amides is 1. The Kier molecular flexibility index (Phi) is 5.55. The second-order valence-corrected chi connectivity index (χ2v) is 6.12. The number of aryl methyl sites for hydroxylation is 1. The molecule has 1 aliphatic rings. The summed E-state index contributed by atoms with van der Waals surface area (Å²) in [5.41, 5.74) is 19.8. The van der Waals surface area contributed by atoms with Gasteiger partial charge in [0.1, 0.15) is 18.2 Å². The van der Waals surface area contributed by atoms with Crippen LogP contribution in [0.2, 0.25) is 0 Å². The Labute approximate surface area is 157 Å². The summed E-state index contributed by atoms with van der Waals surface area (Å²) in [5, 5.41) is 0. The van der Waals surface area contributed by atoms with Crippen LogP contribution in [0.15, 0.2) is 54.8 Å². The van der Waals surface area contributed by atoms with Crippen LogP contribution < -0.4 is 26.8 Å². The van der Waals surface area contributed by atoms with Crippen LogP contribution in [0.4, 0.5) is 10.6 Å². The minimum atomic E-state index is -0.483. The number of rotatable bonds is 5. The molecule has 0 bridgehead atoms. The van der Waals surface area contributed by atoms with Crippen LogP contribution >= 0.6 is 0 Å². The highest BCUT2D eigenvalue weighted by Crippen LogP contribution is 2.30. The highest BCUT2D eigenvalue weighted by Gasteiger charge is 2.22. The second kappa shape index (κ2) is 8.22. The van der Waals surface area contributed by atoms with Crippen molar-refractivity contribution in [2.75, 3.05) is 18.1 Å². The lowest BCUT2D eigenvalue weighted by Gasteiger charge is -2.26. The lowest BCUT2D eigenvalue weighted by Crippen LogP contribution is -2.40. The SMILES string of the molecule is N/C=C\C=C(/N)COc1cncc(-c2cnc3c(c2)CCCN3C(N)=O)c1. The van der Waals surface area contributed by atoms with E-state index >= 15 is 0 Å². The van der Waals surface area contributed by atoms with Crippen LogP contribution in [-0.4, -0.2) is 29.2 Å². The molecule has 0 aliphatic carbocycles. The van der Waals surface area contributed by atoms with Crippen LogP contribution in [0.3, 0.4) is 0 Å². The zero-order chi connectivity index (χ0) is 19.2. The van der Waals surface area contributed by atoms with Crippen molar-refractivity contribution >= 4 is 11.8 Å². The van der Waals surface area contributed by atoms with Crippen LogP contribution in [0.25, 0.3) is 11.1 Å². The van der Waals surface area contributed by atoms with Crippen molar-refractivity contribution < 1.29 is 9.53 Å². The molecule has 8 heteroatoms. The van der Waals surface area contributed by atoms with Crippen LogP contribution in [0.5, 0.6) is 5.75 Å². The molecule has 6 N–H and O–H groups in total. The summed E-state index contributed by atoms with van der Waals surface area (Å²) < 4.78 is 5.67. The van der Waals surface area contributed by atoms with Gasteiger partial charge in [-0.2, -0.15) is 0 Å². The number of nitrogens with zero attached hydrogens (tertiary/aromatic N) is 3. The molecule has 0 saturated heterocycles. The molecule has 0 atom stereocenters. The molecule has 8 nitrogen and oxygen atoms in total. The molecular weight excluding hydrogens is 344 g/mol. The number of aromatic nitrogens is 2. The standard InChI is InChI=1S/C19H22N6O2/c20-5-1-4-16(21)12-27-17-8-15(9-23-11-17)14-7-13-3-2-6-25(19(22)26)18(13)24-10-14/h1,4-5,7-11H,2-3,6,12,20-21H2,(H2,22,26)/b5-1-,16-4-. The quantitative estimate of drug-likeness (QED) is 0.689. The molecule has 0 fully saturated rings. The van der Waals surface area contributed by atoms with Crippen molar-refractivity contribution in [3.05, 3.63) is 60.3 Å². The van der Waals surface area contributed by atoms with E-state index < -0.39 is 6.03 Å². The number of nitrogens with two attached hydrogens (primary N) is 3. The highest BCUT2D eigenvalue weighted by molar-refractivity contribution is 5.91. The van der Waals surface area contributed by atoms with Gasteiger partial charge in [-0.3, -0.25) is 9.88 Å². The third-order valence-electron chi connectivity index (χ3n) is 4.17. The molecule has 0 spiro atoms. The first-order valence-electron chi connectivity index (χ1n) is 8.55. The van der Waals surface area contributed by atoms with Gasteiger partial charge in [0.05, 0.1) is 6.20 Å². The third kappa shape index (κ3) is 4.35. The van der Waals surface area contributed by atoms with E-state index in [1.807, 2.05) is 12.1 Å². The molecule has 3 heterocycles. The Morgan fingerprint density at radius 3 is 2.81 bits per heavy atom. The van der Waals surface area contributed by atoms with Crippen molar-refractivity contribution in [3.8, 4) is 16.9 Å². The van der Waals surface area contributed by atoms with E-state index in [1.54, 1.807) is 30.7 Å². The molecule has 2 aromatic rings. The van der Waals surface area contributed by atoms with Crippen molar-refractivity contribution in [1.29, 1.82) is 0 Å². The molecular formula is C19H22N6O2. The number of hydrogen-bond donors (Lipinski definition) is 3. The maximum atomic E-state index is 11.6. The van der Waals surface area contributed by atoms with Crippen molar-refractivity contribution in [2.45, 2.75) is 12.8 Å². The summed E-state index contributed by atoms with van der Waals surface area (Å²) in [5.74, 6) is 1.22. The van der Waals surface area contributed by atoms with E-state index in [4.69, 9.17) is 21.9 Å². The molecule has 2 aromatic heterocycles. The average Bonchev–Trinajstić information content (AvgIpc) is 2.70. The first-order chi connectivity index (χ1) is 13.1. The van der Waals surface area contributed by atoms with Gasteiger partial charge in [0.15, 0.2) is 0 Å². The summed E-state index contributed by atoms with van der Waals surface area (Å²) >= 11 is 0. The number of anilines is 1. The topological polar surface area (TPSA) is 133 Å². The minimum Gasteiger partial charge on any atom is -0.486 e. The number of fused-ring (bicyclic) bond motifs is 1. The fourth-order valence-electron chi connectivity index (χ4n) is 2.89. The highest BCUT2D eigenvalue weighted by atomic mass is 16.5. The largest absolute Gasteiger partial charge is 0.486 e. The molecule has 140 valence electrons. The van der Waals surface area contributed by atoms with E-state index in [1.165, 1.54) is 11.1 Å². The van der Waals surface area contributed by atoms with Crippen molar-refractivity contribution in [3.63, 3.8) is 0 Å². The summed E-state index contributed by atoms with van der Waals surface area (Å²) in [7, 11) is 0. The van der Waals surface area contributed by atoms with Gasteiger partial charge >= 0.3 is 6.03 Å². The first-order valence-corrected chi connectivity index (χ1v) is 8.55. The maximum Gasteiger partial charge on any atom is 0.320 e. The van der Waals surface area contributed by atoms with E-state index in [2.05, 4.69) is 9.97 Å². The van der Waals surface area contributed by atoms with Gasteiger partial charge in [0.25, 0.3) is 0 Å². The molecule has 27 heavy (non-hydrogen) atoms. The fraction of sp³-hybridized carbons (Fsp3) is 0.211. The van der Waals surface area contributed by atoms with Crippen LogP contribution in [-0.2, 0) is 6.42 Å². The van der Waals surface area contributed by atoms with Crippen molar-refractivity contribution in [2.24, 2.45) is 17.2 Å². The number of carbonyl (C=O) groups is 1. The fourth-order valence-corrected chi connectivity index (χ4v) is 2.89. The second-order valence-electron chi connectivity index (χ2n) is 6.12. The Bertz CT molecular complexity index is 894.